The van der Waals surface area contributed by atoms with Gasteiger partial charge >= 0.3 is 5.97 Å². The van der Waals surface area contributed by atoms with Gasteiger partial charge in [0.25, 0.3) is 5.56 Å². The summed E-state index contributed by atoms with van der Waals surface area (Å²) in [6.45, 7) is 6.18. The van der Waals surface area contributed by atoms with Crippen molar-refractivity contribution < 1.29 is 23.7 Å². The van der Waals surface area contributed by atoms with Crippen molar-refractivity contribution in [3.63, 3.8) is 0 Å². The number of thiazole rings is 1. The summed E-state index contributed by atoms with van der Waals surface area (Å²) in [5.74, 6) is 1.28. The quantitative estimate of drug-likeness (QED) is 0.367. The predicted molar refractivity (Wildman–Crippen MR) is 146 cm³/mol. The van der Waals surface area contributed by atoms with Crippen LogP contribution in [0, 0.1) is 0 Å². The van der Waals surface area contributed by atoms with Gasteiger partial charge in [-0.1, -0.05) is 33.3 Å². The fourth-order valence-electron chi connectivity index (χ4n) is 4.32. The van der Waals surface area contributed by atoms with Gasteiger partial charge in [-0.25, -0.2) is 9.79 Å². The molecule has 0 unspecified atom stereocenters. The molecule has 2 aliphatic heterocycles. The summed E-state index contributed by atoms with van der Waals surface area (Å²) in [4.78, 5) is 32.1. The lowest BCUT2D eigenvalue weighted by Gasteiger charge is -2.24. The first-order chi connectivity index (χ1) is 17.8. The van der Waals surface area contributed by atoms with E-state index in [1.54, 1.807) is 36.6 Å². The molecule has 0 radical (unpaired) electrons. The van der Waals surface area contributed by atoms with Gasteiger partial charge in [-0.3, -0.25) is 9.36 Å². The molecule has 5 rings (SSSR count). The first-order valence-electron chi connectivity index (χ1n) is 11.5. The maximum atomic E-state index is 13.9. The Morgan fingerprint density at radius 3 is 2.73 bits per heavy atom. The van der Waals surface area contributed by atoms with E-state index in [2.05, 4.69) is 36.9 Å². The fraction of sp³-hybridized carbons (Fsp3) is 0.269. The number of allylic oxidation sites excluding steroid dienone is 1. The van der Waals surface area contributed by atoms with Crippen molar-refractivity contribution in [2.24, 2.45) is 4.99 Å². The largest absolute Gasteiger partial charge is 0.492 e. The number of carbonyl (C=O) groups is 1. The van der Waals surface area contributed by atoms with E-state index in [4.69, 9.17) is 18.9 Å². The topological polar surface area (TPSA) is 88.4 Å². The van der Waals surface area contributed by atoms with Crippen LogP contribution in [0.15, 0.2) is 60.3 Å². The lowest BCUT2D eigenvalue weighted by Crippen LogP contribution is -2.39. The number of rotatable bonds is 6. The van der Waals surface area contributed by atoms with Crippen LogP contribution in [0.3, 0.4) is 0 Å². The highest BCUT2D eigenvalue weighted by Crippen LogP contribution is 2.38. The van der Waals surface area contributed by atoms with Crippen molar-refractivity contribution in [1.29, 1.82) is 0 Å². The van der Waals surface area contributed by atoms with Crippen LogP contribution in [-0.2, 0) is 9.53 Å². The molecule has 8 nitrogen and oxygen atoms in total. The Balaban J connectivity index is 1.74. The number of fused-ring (bicyclic) bond motifs is 2. The van der Waals surface area contributed by atoms with Crippen molar-refractivity contribution in [3.8, 4) is 17.2 Å². The van der Waals surface area contributed by atoms with Crippen molar-refractivity contribution in [2.75, 3.05) is 20.0 Å². The molecule has 1 aromatic heterocycles. The minimum atomic E-state index is -0.743. The number of hydrogen-bond donors (Lipinski definition) is 0. The molecular weight excluding hydrogens is 628 g/mol. The van der Waals surface area contributed by atoms with Crippen LogP contribution < -0.4 is 29.1 Å². The SMILES string of the molecule is CCOC(=O)C1=C(C)N=c2s/c(=C\c3cc(Br)cc(Br)c3OCC)c(=O)n2[C@@H]1c1ccc2c(c1)OCO2. The number of halogens is 2. The van der Waals surface area contributed by atoms with E-state index in [0.29, 0.717) is 50.0 Å². The Labute approximate surface area is 233 Å². The maximum absolute atomic E-state index is 13.9. The third-order valence-electron chi connectivity index (χ3n) is 5.84. The first kappa shape index (κ1) is 25.7. The molecule has 37 heavy (non-hydrogen) atoms. The number of aromatic nitrogens is 1. The average molecular weight is 650 g/mol. The minimum absolute atomic E-state index is 0.117. The van der Waals surface area contributed by atoms with E-state index in [9.17, 15) is 9.59 Å². The normalized spacial score (nSPS) is 16.5. The lowest BCUT2D eigenvalue weighted by molar-refractivity contribution is -0.139. The molecule has 3 heterocycles. The highest BCUT2D eigenvalue weighted by atomic mass is 79.9. The zero-order chi connectivity index (χ0) is 26.3. The van der Waals surface area contributed by atoms with Crippen molar-refractivity contribution in [1.82, 2.24) is 4.57 Å². The summed E-state index contributed by atoms with van der Waals surface area (Å²) in [6, 6.07) is 8.43. The molecule has 2 aromatic carbocycles. The van der Waals surface area contributed by atoms with E-state index >= 15 is 0 Å². The second-order valence-electron chi connectivity index (χ2n) is 8.15. The van der Waals surface area contributed by atoms with Gasteiger partial charge in [-0.15, -0.1) is 0 Å². The van der Waals surface area contributed by atoms with Gasteiger partial charge in [0.1, 0.15) is 5.75 Å². The van der Waals surface area contributed by atoms with Gasteiger partial charge in [0.2, 0.25) is 6.79 Å². The summed E-state index contributed by atoms with van der Waals surface area (Å²) in [5, 5.41) is 0. The minimum Gasteiger partial charge on any atom is -0.492 e. The first-order valence-corrected chi connectivity index (χ1v) is 13.9. The van der Waals surface area contributed by atoms with E-state index in [1.165, 1.54) is 11.3 Å². The van der Waals surface area contributed by atoms with Crippen molar-refractivity contribution >= 4 is 55.2 Å². The standard InChI is InChI=1S/C26H22Br2N2O6S/c1-4-33-23-15(8-16(27)11-17(23)28)10-20-24(31)30-22(14-6-7-18-19(9-14)36-12-35-18)21(25(32)34-5-2)13(3)29-26(30)37-20/h6-11,22H,4-5,12H2,1-3H3/b20-10-/t22-/m1/s1. The van der Waals surface area contributed by atoms with E-state index in [0.717, 1.165) is 14.5 Å². The smallest absolute Gasteiger partial charge is 0.338 e. The molecular formula is C26H22Br2N2O6S. The van der Waals surface area contributed by atoms with Crippen LogP contribution in [0.4, 0.5) is 0 Å². The van der Waals surface area contributed by atoms with E-state index in [-0.39, 0.29) is 19.0 Å². The van der Waals surface area contributed by atoms with Crippen LogP contribution in [0.1, 0.15) is 37.9 Å². The van der Waals surface area contributed by atoms with Crippen LogP contribution in [-0.4, -0.2) is 30.5 Å². The van der Waals surface area contributed by atoms with Crippen LogP contribution in [0.2, 0.25) is 0 Å². The summed E-state index contributed by atoms with van der Waals surface area (Å²) in [7, 11) is 0. The van der Waals surface area contributed by atoms with Gasteiger partial charge in [0.05, 0.1) is 39.5 Å². The van der Waals surface area contributed by atoms with Crippen molar-refractivity contribution in [3.05, 3.63) is 81.4 Å². The zero-order valence-corrected chi connectivity index (χ0v) is 24.2. The average Bonchev–Trinajstić information content (AvgIpc) is 3.44. The molecule has 2 aliphatic rings. The third-order valence-corrected chi connectivity index (χ3v) is 7.87. The fourth-order valence-corrected chi connectivity index (χ4v) is 6.73. The second kappa shape index (κ2) is 10.5. The molecule has 1 atom stereocenters. The number of nitrogens with zero attached hydrogens (tertiary/aromatic N) is 2. The Hall–Kier alpha value is -2.89. The molecule has 0 amide bonds. The summed E-state index contributed by atoms with van der Waals surface area (Å²) in [6.07, 6.45) is 1.78. The molecule has 0 spiro atoms. The second-order valence-corrected chi connectivity index (χ2v) is 10.9. The number of esters is 1. The Morgan fingerprint density at radius 1 is 1.19 bits per heavy atom. The van der Waals surface area contributed by atoms with Gasteiger partial charge in [0.15, 0.2) is 16.3 Å². The van der Waals surface area contributed by atoms with Crippen molar-refractivity contribution in [2.45, 2.75) is 26.8 Å². The number of ether oxygens (including phenoxy) is 4. The molecule has 11 heteroatoms. The molecule has 0 bridgehead atoms. The maximum Gasteiger partial charge on any atom is 0.338 e. The molecule has 0 N–H and O–H groups in total. The molecule has 192 valence electrons. The summed E-state index contributed by atoms with van der Waals surface area (Å²) < 4.78 is 25.8. The highest BCUT2D eigenvalue weighted by molar-refractivity contribution is 9.11. The zero-order valence-electron chi connectivity index (χ0n) is 20.2. The summed E-state index contributed by atoms with van der Waals surface area (Å²) in [5.41, 5.74) is 1.94. The van der Waals surface area contributed by atoms with Gasteiger partial charge < -0.3 is 18.9 Å². The van der Waals surface area contributed by atoms with E-state index in [1.807, 2.05) is 25.1 Å². The van der Waals surface area contributed by atoms with Gasteiger partial charge in [0, 0.05) is 10.0 Å². The summed E-state index contributed by atoms with van der Waals surface area (Å²) >= 11 is 8.31. The number of carbonyl (C=O) groups excluding carboxylic acids is 1. The molecule has 0 saturated carbocycles. The lowest BCUT2D eigenvalue weighted by atomic mass is 9.95. The highest BCUT2D eigenvalue weighted by Gasteiger charge is 2.34. The molecule has 0 saturated heterocycles. The van der Waals surface area contributed by atoms with Gasteiger partial charge in [-0.2, -0.15) is 0 Å². The Morgan fingerprint density at radius 2 is 1.97 bits per heavy atom. The van der Waals surface area contributed by atoms with Crippen LogP contribution in [0.25, 0.3) is 6.08 Å². The number of benzene rings is 2. The van der Waals surface area contributed by atoms with Gasteiger partial charge in [-0.05, 0) is 72.6 Å². The van der Waals surface area contributed by atoms with E-state index < -0.39 is 12.0 Å². The monoisotopic (exact) mass is 648 g/mol. The molecule has 0 fully saturated rings. The molecule has 3 aromatic rings. The van der Waals surface area contributed by atoms with Crippen LogP contribution >= 0.6 is 43.2 Å². The number of hydrogen-bond acceptors (Lipinski definition) is 8. The van der Waals surface area contributed by atoms with Crippen LogP contribution in [0.5, 0.6) is 17.2 Å². The third kappa shape index (κ3) is 4.75. The Kier molecular flexibility index (Phi) is 7.28. The Bertz CT molecular complexity index is 1620. The predicted octanol–water partition coefficient (Wildman–Crippen LogP) is 4.45. The molecule has 0 aliphatic carbocycles.